The predicted molar refractivity (Wildman–Crippen MR) is 141 cm³/mol. The zero-order chi connectivity index (χ0) is 28.5. The van der Waals surface area contributed by atoms with Crippen LogP contribution in [0.15, 0.2) is 24.4 Å². The average Bonchev–Trinajstić information content (AvgIpc) is 3.49. The molecule has 39 heavy (non-hydrogen) atoms. The van der Waals surface area contributed by atoms with Gasteiger partial charge in [0.1, 0.15) is 0 Å². The quantitative estimate of drug-likeness (QED) is 0.455. The summed E-state index contributed by atoms with van der Waals surface area (Å²) in [5, 5.41) is 26.8. The van der Waals surface area contributed by atoms with Gasteiger partial charge in [0.05, 0.1) is 23.3 Å². The van der Waals surface area contributed by atoms with E-state index in [1.54, 1.807) is 20.0 Å². The lowest BCUT2D eigenvalue weighted by atomic mass is 9.78. The van der Waals surface area contributed by atoms with E-state index in [0.717, 1.165) is 23.9 Å². The van der Waals surface area contributed by atoms with Crippen LogP contribution in [0.1, 0.15) is 73.1 Å². The number of nitrogens with zero attached hydrogens (tertiary/aromatic N) is 4. The lowest BCUT2D eigenvalue weighted by molar-refractivity contribution is -0.137. The third-order valence-electron chi connectivity index (χ3n) is 8.81. The zero-order valence-corrected chi connectivity index (χ0v) is 23.1. The van der Waals surface area contributed by atoms with E-state index in [9.17, 15) is 28.2 Å². The van der Waals surface area contributed by atoms with E-state index >= 15 is 0 Å². The number of halogens is 3. The Morgan fingerprint density at radius 2 is 1.92 bits per heavy atom. The number of alkyl halides is 3. The Morgan fingerprint density at radius 3 is 2.49 bits per heavy atom. The van der Waals surface area contributed by atoms with Crippen LogP contribution < -0.4 is 0 Å². The molecular formula is C28H40F3N5O3. The van der Waals surface area contributed by atoms with Gasteiger partial charge >= 0.3 is 12.2 Å². The van der Waals surface area contributed by atoms with Crippen molar-refractivity contribution < 1.29 is 28.2 Å². The Kier molecular flexibility index (Phi) is 8.63. The minimum absolute atomic E-state index is 0.0234. The first-order valence-corrected chi connectivity index (χ1v) is 13.6. The number of fused-ring (bicyclic) bond motifs is 1. The van der Waals surface area contributed by atoms with Crippen molar-refractivity contribution in [3.8, 4) is 0 Å². The Balaban J connectivity index is 1.66. The lowest BCUT2D eigenvalue weighted by Gasteiger charge is -2.46. The van der Waals surface area contributed by atoms with Crippen molar-refractivity contribution in [3.05, 3.63) is 52.3 Å². The van der Waals surface area contributed by atoms with Gasteiger partial charge in [0.2, 0.25) is 0 Å². The molecule has 1 aromatic carbocycles. The van der Waals surface area contributed by atoms with E-state index in [2.05, 4.69) is 15.1 Å². The number of amides is 2. The van der Waals surface area contributed by atoms with E-state index in [-0.39, 0.29) is 36.7 Å². The highest BCUT2D eigenvalue weighted by Crippen LogP contribution is 2.48. The van der Waals surface area contributed by atoms with Gasteiger partial charge in [-0.15, -0.1) is 0 Å². The second kappa shape index (κ2) is 11.5. The summed E-state index contributed by atoms with van der Waals surface area (Å²) < 4.78 is 40.8. The molecule has 0 bridgehead atoms. The monoisotopic (exact) mass is 551 g/mol. The summed E-state index contributed by atoms with van der Waals surface area (Å²) in [6.45, 7) is 7.30. The number of aliphatic hydroxyl groups excluding tert-OH is 2. The minimum atomic E-state index is -4.47. The Labute approximate surface area is 227 Å². The number of urea groups is 1. The summed E-state index contributed by atoms with van der Waals surface area (Å²) in [5.41, 5.74) is 1.73. The molecule has 4 rings (SSSR count). The van der Waals surface area contributed by atoms with Crippen molar-refractivity contribution in [2.75, 3.05) is 39.9 Å². The van der Waals surface area contributed by atoms with Gasteiger partial charge in [-0.2, -0.15) is 18.3 Å². The third-order valence-corrected chi connectivity index (χ3v) is 8.81. The van der Waals surface area contributed by atoms with Crippen molar-refractivity contribution in [1.82, 2.24) is 24.9 Å². The number of carbonyl (C=O) groups excluding carboxylic acids is 1. The molecule has 0 aliphatic carbocycles. The number of aromatic amines is 1. The zero-order valence-electron chi connectivity index (χ0n) is 23.1. The predicted octanol–water partition coefficient (Wildman–Crippen LogP) is 4.29. The molecule has 3 atom stereocenters. The third kappa shape index (κ3) is 5.81. The number of benzene rings is 1. The van der Waals surface area contributed by atoms with E-state index in [0.29, 0.717) is 49.9 Å². The molecule has 0 radical (unpaired) electrons. The SMILES string of the molecule is CCc1cc([C@@H](C)N(C)C(=O)N2CCN3CC(CCO)(CCO)C[C@H]3[C@@H]2c2c[nH]nc2C)cc(C(F)(F)F)c1. The highest BCUT2D eigenvalue weighted by atomic mass is 19.4. The van der Waals surface area contributed by atoms with Gasteiger partial charge in [0, 0.05) is 57.7 Å². The Hall–Kier alpha value is -2.63. The lowest BCUT2D eigenvalue weighted by Crippen LogP contribution is -2.56. The van der Waals surface area contributed by atoms with E-state index in [4.69, 9.17) is 0 Å². The first-order chi connectivity index (χ1) is 18.4. The number of aliphatic hydroxyl groups is 2. The van der Waals surface area contributed by atoms with Gasteiger partial charge in [-0.25, -0.2) is 4.79 Å². The maximum absolute atomic E-state index is 14.1. The molecule has 0 spiro atoms. The molecule has 2 amide bonds. The fraction of sp³-hybridized carbons (Fsp3) is 0.643. The van der Waals surface area contributed by atoms with Gasteiger partial charge < -0.3 is 20.0 Å². The molecule has 216 valence electrons. The fourth-order valence-corrected chi connectivity index (χ4v) is 6.46. The van der Waals surface area contributed by atoms with Crippen LogP contribution in [-0.2, 0) is 12.6 Å². The normalized spacial score (nSPS) is 22.1. The van der Waals surface area contributed by atoms with Crippen molar-refractivity contribution in [2.24, 2.45) is 5.41 Å². The second-order valence-electron chi connectivity index (χ2n) is 11.1. The first kappa shape index (κ1) is 29.4. The summed E-state index contributed by atoms with van der Waals surface area (Å²) in [5.74, 6) is 0. The van der Waals surface area contributed by atoms with Crippen molar-refractivity contribution in [3.63, 3.8) is 0 Å². The number of nitrogens with one attached hydrogen (secondary N) is 1. The summed E-state index contributed by atoms with van der Waals surface area (Å²) >= 11 is 0. The van der Waals surface area contributed by atoms with Gasteiger partial charge in [-0.05, 0) is 68.2 Å². The second-order valence-corrected chi connectivity index (χ2v) is 11.1. The number of hydrogen-bond donors (Lipinski definition) is 3. The summed E-state index contributed by atoms with van der Waals surface area (Å²) in [6, 6.07) is 2.84. The Bertz CT molecular complexity index is 1150. The van der Waals surface area contributed by atoms with Gasteiger partial charge in [0.15, 0.2) is 0 Å². The number of aromatic nitrogens is 2. The van der Waals surface area contributed by atoms with Crippen molar-refractivity contribution >= 4 is 6.03 Å². The van der Waals surface area contributed by atoms with Crippen LogP contribution in [0.4, 0.5) is 18.0 Å². The molecule has 11 heteroatoms. The number of carbonyl (C=O) groups is 1. The van der Waals surface area contributed by atoms with E-state index in [1.807, 2.05) is 24.9 Å². The number of H-pyrrole nitrogens is 1. The maximum atomic E-state index is 14.1. The van der Waals surface area contributed by atoms with Crippen LogP contribution in [0.5, 0.6) is 0 Å². The minimum Gasteiger partial charge on any atom is -0.396 e. The van der Waals surface area contributed by atoms with Crippen LogP contribution >= 0.6 is 0 Å². The number of rotatable bonds is 8. The highest BCUT2D eigenvalue weighted by Gasteiger charge is 2.51. The van der Waals surface area contributed by atoms with E-state index < -0.39 is 17.8 Å². The van der Waals surface area contributed by atoms with Gasteiger partial charge in [-0.1, -0.05) is 13.0 Å². The molecule has 2 aliphatic rings. The molecule has 0 saturated carbocycles. The molecular weight excluding hydrogens is 511 g/mol. The summed E-state index contributed by atoms with van der Waals surface area (Å²) in [6.07, 6.45) is -0.363. The van der Waals surface area contributed by atoms with Crippen molar-refractivity contribution in [1.29, 1.82) is 0 Å². The first-order valence-electron chi connectivity index (χ1n) is 13.6. The van der Waals surface area contributed by atoms with Crippen molar-refractivity contribution in [2.45, 2.75) is 70.8 Å². The Morgan fingerprint density at radius 1 is 1.23 bits per heavy atom. The molecule has 0 unspecified atom stereocenters. The smallest absolute Gasteiger partial charge is 0.396 e. The van der Waals surface area contributed by atoms with Crippen LogP contribution in [0.3, 0.4) is 0 Å². The van der Waals surface area contributed by atoms with Crippen LogP contribution in [0, 0.1) is 12.3 Å². The van der Waals surface area contributed by atoms with E-state index in [1.165, 1.54) is 11.0 Å². The molecule has 2 fully saturated rings. The standard InChI is InChI=1S/C28H40F3N5O3/c1-5-20-12-21(14-22(13-20)28(29,30)31)19(3)34(4)26(39)36-9-8-35-17-27(6-10-37,7-11-38)15-24(35)25(36)23-16-32-33-18(23)2/h12-14,16,19,24-25,37-38H,5-11,15,17H2,1-4H3,(H,32,33)/t19-,24+,25+/m1/s1. The number of aryl methyl sites for hydroxylation is 2. The molecule has 2 aliphatic heterocycles. The van der Waals surface area contributed by atoms with Crippen LogP contribution in [0.25, 0.3) is 0 Å². The fourth-order valence-electron chi connectivity index (χ4n) is 6.46. The van der Waals surface area contributed by atoms with Gasteiger partial charge in [0.25, 0.3) is 0 Å². The molecule has 2 aromatic rings. The summed E-state index contributed by atoms with van der Waals surface area (Å²) in [7, 11) is 1.64. The number of piperazine rings is 1. The summed E-state index contributed by atoms with van der Waals surface area (Å²) in [4.78, 5) is 19.8. The maximum Gasteiger partial charge on any atom is 0.416 e. The van der Waals surface area contributed by atoms with Crippen LogP contribution in [0.2, 0.25) is 0 Å². The van der Waals surface area contributed by atoms with Crippen LogP contribution in [-0.4, -0.2) is 87.1 Å². The molecule has 2 saturated heterocycles. The molecule has 8 nitrogen and oxygen atoms in total. The van der Waals surface area contributed by atoms with Gasteiger partial charge in [-0.3, -0.25) is 10.00 Å². The number of hydrogen-bond acceptors (Lipinski definition) is 5. The molecule has 3 N–H and O–H groups in total. The topological polar surface area (TPSA) is 95.9 Å². The molecule has 3 heterocycles. The molecule has 1 aromatic heterocycles. The average molecular weight is 552 g/mol. The highest BCUT2D eigenvalue weighted by molar-refractivity contribution is 5.76. The largest absolute Gasteiger partial charge is 0.416 e.